The van der Waals surface area contributed by atoms with Crippen molar-refractivity contribution in [2.24, 2.45) is 0 Å². The Morgan fingerprint density at radius 1 is 1.30 bits per heavy atom. The third-order valence-corrected chi connectivity index (χ3v) is 5.95. The van der Waals surface area contributed by atoms with Crippen molar-refractivity contribution < 1.29 is 8.42 Å². The lowest BCUT2D eigenvalue weighted by Crippen LogP contribution is -2.52. The molecule has 1 saturated heterocycles. The lowest BCUT2D eigenvalue weighted by molar-refractivity contribution is 0.213. The van der Waals surface area contributed by atoms with Crippen LogP contribution < -0.4 is 5.32 Å². The summed E-state index contributed by atoms with van der Waals surface area (Å²) in [6.45, 7) is 2.70. The average Bonchev–Trinajstić information content (AvgIpc) is 2.47. The first-order valence-electron chi connectivity index (χ1n) is 7.25. The van der Waals surface area contributed by atoms with Crippen LogP contribution in [0, 0.1) is 0 Å². The van der Waals surface area contributed by atoms with Crippen LogP contribution in [0.15, 0.2) is 30.3 Å². The van der Waals surface area contributed by atoms with Gasteiger partial charge in [-0.15, -0.1) is 0 Å². The monoisotopic (exact) mass is 296 g/mol. The summed E-state index contributed by atoms with van der Waals surface area (Å²) in [4.78, 5) is 0. The van der Waals surface area contributed by atoms with Crippen molar-refractivity contribution in [3.8, 4) is 0 Å². The van der Waals surface area contributed by atoms with Crippen LogP contribution in [0.1, 0.15) is 31.7 Å². The molecule has 0 aromatic heterocycles. The van der Waals surface area contributed by atoms with Gasteiger partial charge in [0, 0.05) is 18.6 Å². The summed E-state index contributed by atoms with van der Waals surface area (Å²) >= 11 is 0. The zero-order chi connectivity index (χ0) is 14.6. The molecule has 1 aliphatic heterocycles. The minimum absolute atomic E-state index is 0.0717. The molecule has 1 aliphatic rings. The molecule has 0 bridgehead atoms. The summed E-state index contributed by atoms with van der Waals surface area (Å²) in [6, 6.07) is 9.67. The van der Waals surface area contributed by atoms with Crippen LogP contribution in [0.3, 0.4) is 0 Å². The van der Waals surface area contributed by atoms with Gasteiger partial charge in [0.1, 0.15) is 0 Å². The summed E-state index contributed by atoms with van der Waals surface area (Å²) in [6.07, 6.45) is 3.00. The molecule has 0 amide bonds. The molecule has 0 radical (unpaired) electrons. The van der Waals surface area contributed by atoms with Gasteiger partial charge in [-0.05, 0) is 32.4 Å². The molecule has 0 spiro atoms. The Balaban J connectivity index is 2.18. The van der Waals surface area contributed by atoms with Crippen molar-refractivity contribution >= 4 is 10.0 Å². The molecule has 2 rings (SSSR count). The Morgan fingerprint density at radius 3 is 2.65 bits per heavy atom. The van der Waals surface area contributed by atoms with E-state index in [-0.39, 0.29) is 17.8 Å². The van der Waals surface area contributed by atoms with Crippen LogP contribution in [-0.2, 0) is 15.8 Å². The van der Waals surface area contributed by atoms with E-state index in [0.29, 0.717) is 6.54 Å². The number of sulfonamides is 1. The second-order valence-electron chi connectivity index (χ2n) is 5.49. The second-order valence-corrected chi connectivity index (χ2v) is 7.41. The Kier molecular flexibility index (Phi) is 5.18. The van der Waals surface area contributed by atoms with Crippen LogP contribution >= 0.6 is 0 Å². The molecule has 1 fully saturated rings. The molecule has 1 aromatic carbocycles. The first kappa shape index (κ1) is 15.5. The fourth-order valence-corrected chi connectivity index (χ4v) is 4.72. The van der Waals surface area contributed by atoms with E-state index < -0.39 is 10.0 Å². The van der Waals surface area contributed by atoms with Gasteiger partial charge in [-0.25, -0.2) is 8.42 Å². The maximum atomic E-state index is 12.7. The van der Waals surface area contributed by atoms with Crippen LogP contribution in [-0.4, -0.2) is 38.4 Å². The molecule has 1 aromatic rings. The van der Waals surface area contributed by atoms with Gasteiger partial charge in [0.05, 0.1) is 5.75 Å². The smallest absolute Gasteiger partial charge is 0.218 e. The molecule has 20 heavy (non-hydrogen) atoms. The number of rotatable bonds is 5. The number of piperidine rings is 1. The molecule has 5 heteroatoms. The van der Waals surface area contributed by atoms with Gasteiger partial charge >= 0.3 is 0 Å². The summed E-state index contributed by atoms with van der Waals surface area (Å²) in [5, 5.41) is 3.19. The molecular weight excluding hydrogens is 272 g/mol. The Bertz CT molecular complexity index is 516. The maximum absolute atomic E-state index is 12.7. The Morgan fingerprint density at radius 2 is 2.00 bits per heavy atom. The number of likely N-dealkylation sites (N-methyl/N-ethyl adjacent to an activating group) is 1. The van der Waals surface area contributed by atoms with E-state index >= 15 is 0 Å². The Labute approximate surface area is 122 Å². The second kappa shape index (κ2) is 6.70. The molecule has 4 nitrogen and oxygen atoms in total. The molecule has 0 aliphatic carbocycles. The van der Waals surface area contributed by atoms with Gasteiger partial charge in [0.2, 0.25) is 10.0 Å². The van der Waals surface area contributed by atoms with Crippen molar-refractivity contribution in [2.75, 3.05) is 13.6 Å². The highest BCUT2D eigenvalue weighted by Crippen LogP contribution is 2.24. The average molecular weight is 296 g/mol. The highest BCUT2D eigenvalue weighted by Gasteiger charge is 2.34. The molecule has 1 heterocycles. The number of hydrogen-bond donors (Lipinski definition) is 1. The zero-order valence-corrected chi connectivity index (χ0v) is 13.1. The lowest BCUT2D eigenvalue weighted by Gasteiger charge is -2.38. The van der Waals surface area contributed by atoms with E-state index in [9.17, 15) is 8.42 Å². The Hall–Kier alpha value is -0.910. The van der Waals surface area contributed by atoms with Crippen LogP contribution in [0.5, 0.6) is 0 Å². The predicted molar refractivity (Wildman–Crippen MR) is 81.9 cm³/mol. The van der Waals surface area contributed by atoms with Crippen LogP contribution in [0.4, 0.5) is 0 Å². The van der Waals surface area contributed by atoms with E-state index in [4.69, 9.17) is 0 Å². The summed E-state index contributed by atoms with van der Waals surface area (Å²) in [5.74, 6) is 0.0980. The molecular formula is C15H24N2O2S. The number of nitrogens with zero attached hydrogens (tertiary/aromatic N) is 1. The van der Waals surface area contributed by atoms with Crippen molar-refractivity contribution in [3.05, 3.63) is 35.9 Å². The fourth-order valence-electron chi connectivity index (χ4n) is 2.84. The molecule has 2 atom stereocenters. The van der Waals surface area contributed by atoms with E-state index in [1.807, 2.05) is 37.4 Å². The highest BCUT2D eigenvalue weighted by molar-refractivity contribution is 7.88. The van der Waals surface area contributed by atoms with Gasteiger partial charge in [0.25, 0.3) is 0 Å². The van der Waals surface area contributed by atoms with Gasteiger partial charge in [-0.3, -0.25) is 0 Å². The van der Waals surface area contributed by atoms with E-state index in [2.05, 4.69) is 12.2 Å². The minimum atomic E-state index is -3.25. The summed E-state index contributed by atoms with van der Waals surface area (Å²) in [7, 11) is -1.36. The first-order valence-corrected chi connectivity index (χ1v) is 8.86. The van der Waals surface area contributed by atoms with Crippen molar-refractivity contribution in [2.45, 2.75) is 44.0 Å². The SMILES string of the molecule is CNC(C)C1CCCCN1S(=O)(=O)Cc1ccccc1. The normalized spacial score (nSPS) is 22.6. The first-order chi connectivity index (χ1) is 9.54. The number of benzene rings is 1. The van der Waals surface area contributed by atoms with Crippen molar-refractivity contribution in [3.63, 3.8) is 0 Å². The number of nitrogens with one attached hydrogen (secondary N) is 1. The van der Waals surface area contributed by atoms with Gasteiger partial charge in [-0.1, -0.05) is 36.8 Å². The fraction of sp³-hybridized carbons (Fsp3) is 0.600. The van der Waals surface area contributed by atoms with E-state index in [1.54, 1.807) is 4.31 Å². The van der Waals surface area contributed by atoms with Crippen LogP contribution in [0.2, 0.25) is 0 Å². The predicted octanol–water partition coefficient (Wildman–Crippen LogP) is 1.98. The van der Waals surface area contributed by atoms with E-state index in [1.165, 1.54) is 0 Å². The maximum Gasteiger partial charge on any atom is 0.218 e. The van der Waals surface area contributed by atoms with E-state index in [0.717, 1.165) is 24.8 Å². The summed E-state index contributed by atoms with van der Waals surface area (Å²) < 4.78 is 27.1. The highest BCUT2D eigenvalue weighted by atomic mass is 32.2. The molecule has 0 saturated carbocycles. The molecule has 1 N–H and O–H groups in total. The van der Waals surface area contributed by atoms with Gasteiger partial charge in [-0.2, -0.15) is 4.31 Å². The standard InChI is InChI=1S/C15H24N2O2S/c1-13(16-2)15-10-6-7-11-17(15)20(18,19)12-14-8-4-3-5-9-14/h3-5,8-9,13,15-16H,6-7,10-12H2,1-2H3. The third kappa shape index (κ3) is 3.59. The van der Waals surface area contributed by atoms with Crippen LogP contribution in [0.25, 0.3) is 0 Å². The molecule has 112 valence electrons. The largest absolute Gasteiger partial charge is 0.316 e. The lowest BCUT2D eigenvalue weighted by atomic mass is 9.99. The van der Waals surface area contributed by atoms with Crippen molar-refractivity contribution in [1.29, 1.82) is 0 Å². The minimum Gasteiger partial charge on any atom is -0.316 e. The quantitative estimate of drug-likeness (QED) is 0.904. The van der Waals surface area contributed by atoms with Crippen molar-refractivity contribution in [1.82, 2.24) is 9.62 Å². The zero-order valence-electron chi connectivity index (χ0n) is 12.2. The third-order valence-electron chi connectivity index (χ3n) is 4.08. The topological polar surface area (TPSA) is 49.4 Å². The molecule has 2 unspecified atom stereocenters. The summed E-state index contributed by atoms with van der Waals surface area (Å²) in [5.41, 5.74) is 0.855. The van der Waals surface area contributed by atoms with Gasteiger partial charge < -0.3 is 5.32 Å². The van der Waals surface area contributed by atoms with Gasteiger partial charge in [0.15, 0.2) is 0 Å². The number of hydrogen-bond acceptors (Lipinski definition) is 3.